The number of hydrogen-bond acceptors (Lipinski definition) is 5. The molecule has 3 amide bonds. The molecule has 1 aliphatic rings. The predicted molar refractivity (Wildman–Crippen MR) is 89.6 cm³/mol. The molecule has 1 aromatic heterocycles. The zero-order valence-electron chi connectivity index (χ0n) is 14.4. The minimum Gasteiger partial charge on any atom is -0.373 e. The van der Waals surface area contributed by atoms with Gasteiger partial charge >= 0.3 is 6.03 Å². The van der Waals surface area contributed by atoms with Crippen molar-refractivity contribution in [2.75, 3.05) is 45.2 Å². The number of rotatable bonds is 6. The van der Waals surface area contributed by atoms with Crippen molar-refractivity contribution in [1.82, 2.24) is 19.6 Å². The first-order valence-corrected chi connectivity index (χ1v) is 8.04. The number of morpholine rings is 1. The number of amides is 3. The molecule has 9 nitrogen and oxygen atoms in total. The van der Waals surface area contributed by atoms with Crippen LogP contribution >= 0.6 is 0 Å². The van der Waals surface area contributed by atoms with Gasteiger partial charge in [0.25, 0.3) is 0 Å². The molecule has 1 fully saturated rings. The molecule has 1 unspecified atom stereocenters. The molecule has 0 aromatic carbocycles. The van der Waals surface area contributed by atoms with E-state index in [0.29, 0.717) is 32.1 Å². The van der Waals surface area contributed by atoms with Gasteiger partial charge in [-0.1, -0.05) is 0 Å². The van der Waals surface area contributed by atoms with Gasteiger partial charge in [-0.25, -0.2) is 4.79 Å². The van der Waals surface area contributed by atoms with Crippen LogP contribution in [0.5, 0.6) is 0 Å². The summed E-state index contributed by atoms with van der Waals surface area (Å²) in [7, 11) is 1.80. The van der Waals surface area contributed by atoms with Crippen molar-refractivity contribution in [3.63, 3.8) is 0 Å². The van der Waals surface area contributed by atoms with Crippen LogP contribution < -0.4 is 11.1 Å². The van der Waals surface area contributed by atoms with E-state index in [0.717, 1.165) is 0 Å². The molecule has 0 spiro atoms. The third kappa shape index (κ3) is 5.20. The number of aromatic nitrogens is 2. The van der Waals surface area contributed by atoms with Gasteiger partial charge in [-0.2, -0.15) is 5.10 Å². The minimum atomic E-state index is -0.386. The van der Waals surface area contributed by atoms with E-state index in [1.165, 1.54) is 0 Å². The van der Waals surface area contributed by atoms with Gasteiger partial charge in [-0.15, -0.1) is 0 Å². The van der Waals surface area contributed by atoms with Crippen molar-refractivity contribution in [2.24, 2.45) is 5.73 Å². The molecule has 1 atom stereocenters. The molecule has 9 heteroatoms. The molecule has 0 radical (unpaired) electrons. The Labute approximate surface area is 141 Å². The Bertz CT molecular complexity index is 573. The first-order chi connectivity index (χ1) is 11.3. The number of carbonyl (C=O) groups is 2. The van der Waals surface area contributed by atoms with Crippen LogP contribution in [-0.4, -0.2) is 77.5 Å². The van der Waals surface area contributed by atoms with Crippen molar-refractivity contribution in [2.45, 2.75) is 26.0 Å². The van der Waals surface area contributed by atoms with E-state index in [-0.39, 0.29) is 30.6 Å². The highest BCUT2D eigenvalue weighted by Gasteiger charge is 2.25. The number of hydrogen-bond donors (Lipinski definition) is 2. The summed E-state index contributed by atoms with van der Waals surface area (Å²) in [4.78, 5) is 26.8. The number of primary amides is 1. The van der Waals surface area contributed by atoms with Crippen molar-refractivity contribution in [3.05, 3.63) is 12.3 Å². The van der Waals surface area contributed by atoms with E-state index in [1.54, 1.807) is 27.6 Å². The molecule has 24 heavy (non-hydrogen) atoms. The van der Waals surface area contributed by atoms with Crippen LogP contribution in [0.2, 0.25) is 0 Å². The average molecular weight is 338 g/mol. The van der Waals surface area contributed by atoms with E-state index in [9.17, 15) is 9.59 Å². The topological polar surface area (TPSA) is 106 Å². The van der Waals surface area contributed by atoms with Crippen molar-refractivity contribution >= 4 is 17.8 Å². The van der Waals surface area contributed by atoms with Crippen molar-refractivity contribution < 1.29 is 14.3 Å². The summed E-state index contributed by atoms with van der Waals surface area (Å²) in [6.45, 7) is 6.18. The molecule has 2 heterocycles. The number of anilines is 1. The Hall–Kier alpha value is -2.13. The first kappa shape index (κ1) is 18.2. The van der Waals surface area contributed by atoms with Crippen LogP contribution in [0, 0.1) is 0 Å². The molecule has 0 bridgehead atoms. The molecule has 0 aliphatic carbocycles. The van der Waals surface area contributed by atoms with Gasteiger partial charge in [0.2, 0.25) is 5.91 Å². The third-order valence-corrected chi connectivity index (χ3v) is 3.74. The van der Waals surface area contributed by atoms with E-state index in [4.69, 9.17) is 10.5 Å². The Balaban J connectivity index is 1.86. The summed E-state index contributed by atoms with van der Waals surface area (Å²) in [5, 5.41) is 7.12. The molecule has 1 aliphatic heterocycles. The fraction of sp³-hybridized carbons (Fsp3) is 0.667. The number of nitrogens with one attached hydrogen (secondary N) is 1. The predicted octanol–water partition coefficient (Wildman–Crippen LogP) is 0.114. The molecular formula is C15H26N6O3. The summed E-state index contributed by atoms with van der Waals surface area (Å²) < 4.78 is 7.45. The quantitative estimate of drug-likeness (QED) is 0.766. The van der Waals surface area contributed by atoms with E-state index in [1.807, 2.05) is 20.0 Å². The Morgan fingerprint density at radius 3 is 2.92 bits per heavy atom. The molecule has 1 saturated heterocycles. The maximum absolute atomic E-state index is 12.4. The Morgan fingerprint density at radius 1 is 1.54 bits per heavy atom. The van der Waals surface area contributed by atoms with Gasteiger partial charge in [0.05, 0.1) is 19.3 Å². The van der Waals surface area contributed by atoms with Gasteiger partial charge in [-0.05, 0) is 20.9 Å². The van der Waals surface area contributed by atoms with E-state index in [2.05, 4.69) is 10.4 Å². The lowest BCUT2D eigenvalue weighted by atomic mass is 10.2. The van der Waals surface area contributed by atoms with Crippen LogP contribution in [0.25, 0.3) is 0 Å². The molecule has 0 saturated carbocycles. The van der Waals surface area contributed by atoms with Crippen LogP contribution in [0.3, 0.4) is 0 Å². The second kappa shape index (κ2) is 8.11. The van der Waals surface area contributed by atoms with Crippen molar-refractivity contribution in [1.29, 1.82) is 0 Å². The summed E-state index contributed by atoms with van der Waals surface area (Å²) >= 11 is 0. The number of nitrogens with two attached hydrogens (primary N) is 1. The smallest absolute Gasteiger partial charge is 0.323 e. The summed E-state index contributed by atoms with van der Waals surface area (Å²) in [5.41, 5.74) is 5.18. The van der Waals surface area contributed by atoms with Crippen LogP contribution in [-0.2, 0) is 9.53 Å². The van der Waals surface area contributed by atoms with Gasteiger partial charge in [0, 0.05) is 37.9 Å². The van der Waals surface area contributed by atoms with Crippen LogP contribution in [0.4, 0.5) is 10.6 Å². The largest absolute Gasteiger partial charge is 0.373 e. The Kier molecular flexibility index (Phi) is 6.16. The lowest BCUT2D eigenvalue weighted by molar-refractivity contribution is -0.119. The van der Waals surface area contributed by atoms with Crippen molar-refractivity contribution in [3.8, 4) is 0 Å². The molecule has 134 valence electrons. The molecule has 2 rings (SSSR count). The molecular weight excluding hydrogens is 312 g/mol. The van der Waals surface area contributed by atoms with Gasteiger partial charge in [-0.3, -0.25) is 19.7 Å². The fourth-order valence-corrected chi connectivity index (χ4v) is 2.57. The van der Waals surface area contributed by atoms with Gasteiger partial charge in [0.1, 0.15) is 0 Å². The number of likely N-dealkylation sites (N-methyl/N-ethyl adjacent to an activating group) is 1. The Morgan fingerprint density at radius 2 is 2.29 bits per heavy atom. The fourth-order valence-electron chi connectivity index (χ4n) is 2.57. The van der Waals surface area contributed by atoms with Gasteiger partial charge in [0.15, 0.2) is 5.82 Å². The van der Waals surface area contributed by atoms with Gasteiger partial charge < -0.3 is 15.4 Å². The molecule has 3 N–H and O–H groups in total. The zero-order valence-corrected chi connectivity index (χ0v) is 14.4. The minimum absolute atomic E-state index is 0.151. The second-order valence-corrected chi connectivity index (χ2v) is 6.31. The third-order valence-electron chi connectivity index (χ3n) is 3.74. The second-order valence-electron chi connectivity index (χ2n) is 6.31. The maximum atomic E-state index is 12.4. The highest BCUT2D eigenvalue weighted by atomic mass is 16.5. The highest BCUT2D eigenvalue weighted by molar-refractivity contribution is 5.88. The molecule has 1 aromatic rings. The first-order valence-electron chi connectivity index (χ1n) is 8.04. The lowest BCUT2D eigenvalue weighted by Gasteiger charge is -2.34. The number of urea groups is 1. The monoisotopic (exact) mass is 338 g/mol. The number of nitrogens with zero attached hydrogens (tertiary/aromatic N) is 4. The van der Waals surface area contributed by atoms with Crippen LogP contribution in [0.1, 0.15) is 19.9 Å². The normalized spacial score (nSPS) is 18.2. The van der Waals surface area contributed by atoms with E-state index < -0.39 is 0 Å². The summed E-state index contributed by atoms with van der Waals surface area (Å²) in [6, 6.07) is 1.82. The highest BCUT2D eigenvalue weighted by Crippen LogP contribution is 2.11. The zero-order chi connectivity index (χ0) is 17.7. The standard InChI is InChI=1S/C15H26N6O3/c1-11(2)21-5-4-14(18-21)17-15(23)20-6-7-24-12(9-20)8-19(3)10-13(16)22/h4-5,11-12H,6-10H2,1-3H3,(H2,16,22)(H,17,18,23). The summed E-state index contributed by atoms with van der Waals surface area (Å²) in [5.74, 6) is 0.145. The summed E-state index contributed by atoms with van der Waals surface area (Å²) in [6.07, 6.45) is 1.68. The lowest BCUT2D eigenvalue weighted by Crippen LogP contribution is -2.51. The van der Waals surface area contributed by atoms with E-state index >= 15 is 0 Å². The number of ether oxygens (including phenoxy) is 1. The van der Waals surface area contributed by atoms with Crippen LogP contribution in [0.15, 0.2) is 12.3 Å². The number of carbonyl (C=O) groups excluding carboxylic acids is 2. The average Bonchev–Trinajstić information content (AvgIpc) is 2.95. The SMILES string of the molecule is CC(C)n1ccc(NC(=O)N2CCOC(CN(C)CC(N)=O)C2)n1. The maximum Gasteiger partial charge on any atom is 0.323 e.